The lowest BCUT2D eigenvalue weighted by Crippen LogP contribution is -2.48. The summed E-state index contributed by atoms with van der Waals surface area (Å²) in [4.78, 5) is 21.0. The highest BCUT2D eigenvalue weighted by Gasteiger charge is 2.23. The van der Waals surface area contributed by atoms with Crippen molar-refractivity contribution < 1.29 is 13.7 Å². The molecule has 0 bridgehead atoms. The van der Waals surface area contributed by atoms with E-state index in [4.69, 9.17) is 4.52 Å². The van der Waals surface area contributed by atoms with Gasteiger partial charge in [0.05, 0.1) is 17.4 Å². The number of pyridine rings is 1. The number of piperazine rings is 1. The Morgan fingerprint density at radius 1 is 1.11 bits per heavy atom. The molecule has 144 valence electrons. The van der Waals surface area contributed by atoms with Crippen LogP contribution in [0.5, 0.6) is 0 Å². The highest BCUT2D eigenvalue weighted by atomic mass is 19.1. The zero-order valence-electron chi connectivity index (χ0n) is 15.4. The quantitative estimate of drug-likeness (QED) is 0.748. The molecule has 1 aromatic carbocycles. The van der Waals surface area contributed by atoms with Crippen LogP contribution in [0.25, 0.3) is 0 Å². The van der Waals surface area contributed by atoms with Crippen LogP contribution in [-0.4, -0.2) is 47.1 Å². The highest BCUT2D eigenvalue weighted by Crippen LogP contribution is 2.20. The van der Waals surface area contributed by atoms with Gasteiger partial charge in [-0.1, -0.05) is 5.16 Å². The standard InChI is InChI=1S/C20H20FN5O2/c1-14-10-19(24-28-14)23-17-11-15(12-22-13-17)20(27)26-8-6-25(7-9-26)18-4-2-16(21)3-5-18/h2-5,10-13H,6-9H2,1H3,(H,23,24). The van der Waals surface area contributed by atoms with E-state index in [2.05, 4.69) is 20.4 Å². The van der Waals surface area contributed by atoms with Gasteiger partial charge in [-0.3, -0.25) is 9.78 Å². The minimum absolute atomic E-state index is 0.0637. The molecule has 0 aliphatic carbocycles. The van der Waals surface area contributed by atoms with Gasteiger partial charge >= 0.3 is 0 Å². The molecule has 0 atom stereocenters. The lowest BCUT2D eigenvalue weighted by atomic mass is 10.2. The first-order valence-electron chi connectivity index (χ1n) is 9.04. The second kappa shape index (κ2) is 7.67. The van der Waals surface area contributed by atoms with Crippen LogP contribution in [0.4, 0.5) is 21.6 Å². The average molecular weight is 381 g/mol. The Morgan fingerprint density at radius 3 is 2.54 bits per heavy atom. The van der Waals surface area contributed by atoms with Gasteiger partial charge in [0.15, 0.2) is 5.82 Å². The number of anilines is 3. The van der Waals surface area contributed by atoms with Gasteiger partial charge in [0, 0.05) is 44.1 Å². The average Bonchev–Trinajstić information content (AvgIpc) is 3.13. The van der Waals surface area contributed by atoms with Crippen molar-refractivity contribution in [1.29, 1.82) is 0 Å². The number of halogens is 1. The Balaban J connectivity index is 1.39. The highest BCUT2D eigenvalue weighted by molar-refractivity contribution is 5.95. The molecule has 1 saturated heterocycles. The molecule has 2 aromatic heterocycles. The zero-order valence-corrected chi connectivity index (χ0v) is 15.4. The van der Waals surface area contributed by atoms with Crippen LogP contribution in [-0.2, 0) is 0 Å². The molecule has 4 rings (SSSR count). The number of hydrogen-bond acceptors (Lipinski definition) is 6. The smallest absolute Gasteiger partial charge is 0.255 e. The van der Waals surface area contributed by atoms with Crippen molar-refractivity contribution in [3.05, 3.63) is 65.9 Å². The van der Waals surface area contributed by atoms with Crippen molar-refractivity contribution in [3.8, 4) is 0 Å². The molecule has 1 aliphatic rings. The summed E-state index contributed by atoms with van der Waals surface area (Å²) in [5.41, 5.74) is 2.15. The number of aromatic nitrogens is 2. The topological polar surface area (TPSA) is 74.5 Å². The van der Waals surface area contributed by atoms with E-state index < -0.39 is 0 Å². The van der Waals surface area contributed by atoms with Crippen molar-refractivity contribution in [2.45, 2.75) is 6.92 Å². The second-order valence-electron chi connectivity index (χ2n) is 6.67. The Morgan fingerprint density at radius 2 is 1.86 bits per heavy atom. The molecule has 1 aliphatic heterocycles. The molecule has 0 saturated carbocycles. The van der Waals surface area contributed by atoms with Crippen LogP contribution in [0.15, 0.2) is 53.3 Å². The Labute approximate surface area is 161 Å². The minimum atomic E-state index is -0.251. The maximum absolute atomic E-state index is 13.1. The van der Waals surface area contributed by atoms with Crippen LogP contribution in [0.3, 0.4) is 0 Å². The summed E-state index contributed by atoms with van der Waals surface area (Å²) < 4.78 is 18.1. The van der Waals surface area contributed by atoms with Crippen molar-refractivity contribution in [2.24, 2.45) is 0 Å². The number of rotatable bonds is 4. The zero-order chi connectivity index (χ0) is 19.5. The van der Waals surface area contributed by atoms with Gasteiger partial charge in [-0.15, -0.1) is 0 Å². The van der Waals surface area contributed by atoms with E-state index in [-0.39, 0.29) is 11.7 Å². The SMILES string of the molecule is Cc1cc(Nc2cncc(C(=O)N3CCN(c4ccc(F)cc4)CC3)c2)no1. The lowest BCUT2D eigenvalue weighted by molar-refractivity contribution is 0.0746. The normalized spacial score (nSPS) is 14.2. The molecule has 7 nitrogen and oxygen atoms in total. The Bertz CT molecular complexity index is 965. The van der Waals surface area contributed by atoms with Crippen LogP contribution in [0, 0.1) is 12.7 Å². The van der Waals surface area contributed by atoms with E-state index in [1.807, 2.05) is 6.92 Å². The van der Waals surface area contributed by atoms with Gasteiger partial charge in [-0.25, -0.2) is 4.39 Å². The van der Waals surface area contributed by atoms with Gasteiger partial charge in [-0.05, 0) is 37.3 Å². The number of hydrogen-bond donors (Lipinski definition) is 1. The van der Waals surface area contributed by atoms with Gasteiger partial charge in [0.2, 0.25) is 0 Å². The molecular formula is C20H20FN5O2. The third-order valence-corrected chi connectivity index (χ3v) is 4.64. The number of benzene rings is 1. The van der Waals surface area contributed by atoms with E-state index in [9.17, 15) is 9.18 Å². The maximum atomic E-state index is 13.1. The van der Waals surface area contributed by atoms with Crippen LogP contribution in [0.2, 0.25) is 0 Å². The van der Waals surface area contributed by atoms with E-state index in [1.165, 1.54) is 12.1 Å². The summed E-state index contributed by atoms with van der Waals surface area (Å²) in [6.07, 6.45) is 3.20. The lowest BCUT2D eigenvalue weighted by Gasteiger charge is -2.36. The number of nitrogens with one attached hydrogen (secondary N) is 1. The molecule has 3 heterocycles. The molecule has 1 amide bonds. The van der Waals surface area contributed by atoms with Crippen molar-refractivity contribution >= 4 is 23.1 Å². The van der Waals surface area contributed by atoms with Crippen molar-refractivity contribution in [1.82, 2.24) is 15.0 Å². The Hall–Kier alpha value is -3.42. The first kappa shape index (κ1) is 18.0. The largest absolute Gasteiger partial charge is 0.368 e. The van der Waals surface area contributed by atoms with Gasteiger partial charge in [0.25, 0.3) is 5.91 Å². The monoisotopic (exact) mass is 381 g/mol. The molecular weight excluding hydrogens is 361 g/mol. The third-order valence-electron chi connectivity index (χ3n) is 4.64. The molecule has 8 heteroatoms. The summed E-state index contributed by atoms with van der Waals surface area (Å²) in [5, 5.41) is 6.96. The summed E-state index contributed by atoms with van der Waals surface area (Å²) in [7, 11) is 0. The maximum Gasteiger partial charge on any atom is 0.255 e. The second-order valence-corrected chi connectivity index (χ2v) is 6.67. The molecule has 0 spiro atoms. The van der Waals surface area contributed by atoms with Gasteiger partial charge < -0.3 is 19.6 Å². The van der Waals surface area contributed by atoms with E-state index in [0.717, 1.165) is 5.69 Å². The number of carbonyl (C=O) groups is 1. The first-order valence-corrected chi connectivity index (χ1v) is 9.04. The molecule has 3 aromatic rings. The molecule has 28 heavy (non-hydrogen) atoms. The third kappa shape index (κ3) is 3.95. The fraction of sp³-hybridized carbons (Fsp3) is 0.250. The first-order chi connectivity index (χ1) is 13.6. The van der Waals surface area contributed by atoms with E-state index >= 15 is 0 Å². The summed E-state index contributed by atoms with van der Waals surface area (Å²) >= 11 is 0. The predicted molar refractivity (Wildman–Crippen MR) is 103 cm³/mol. The number of amides is 1. The van der Waals surface area contributed by atoms with Gasteiger partial charge in [-0.2, -0.15) is 0 Å². The fourth-order valence-electron chi connectivity index (χ4n) is 3.20. The molecule has 0 radical (unpaired) electrons. The number of aryl methyl sites for hydroxylation is 1. The minimum Gasteiger partial charge on any atom is -0.368 e. The number of nitrogens with zero attached hydrogens (tertiary/aromatic N) is 4. The van der Waals surface area contributed by atoms with Crippen molar-refractivity contribution in [2.75, 3.05) is 36.4 Å². The Kier molecular flexibility index (Phi) is 4.92. The van der Waals surface area contributed by atoms with Crippen LogP contribution >= 0.6 is 0 Å². The van der Waals surface area contributed by atoms with Crippen LogP contribution < -0.4 is 10.2 Å². The van der Waals surface area contributed by atoms with Gasteiger partial charge in [0.1, 0.15) is 11.6 Å². The fourth-order valence-corrected chi connectivity index (χ4v) is 3.20. The molecule has 0 unspecified atom stereocenters. The van der Waals surface area contributed by atoms with Crippen LogP contribution in [0.1, 0.15) is 16.1 Å². The predicted octanol–water partition coefficient (Wildman–Crippen LogP) is 3.22. The molecule has 1 N–H and O–H groups in total. The summed E-state index contributed by atoms with van der Waals surface area (Å²) in [5.74, 6) is 0.948. The molecule has 1 fully saturated rings. The van der Waals surface area contributed by atoms with Crippen molar-refractivity contribution in [3.63, 3.8) is 0 Å². The van der Waals surface area contributed by atoms with E-state index in [0.29, 0.717) is 49.0 Å². The summed E-state index contributed by atoms with van der Waals surface area (Å²) in [6.45, 7) is 4.39. The number of carbonyl (C=O) groups excluding carboxylic acids is 1. The summed E-state index contributed by atoms with van der Waals surface area (Å²) in [6, 6.07) is 9.95. The van der Waals surface area contributed by atoms with E-state index in [1.54, 1.807) is 41.6 Å².